The molecule has 142 valence electrons. The first kappa shape index (κ1) is 19.9. The minimum atomic E-state index is -1.54. The maximum atomic E-state index is 10.1. The van der Waals surface area contributed by atoms with Gasteiger partial charge in [0.05, 0.1) is 18.8 Å². The quantitative estimate of drug-likeness (QED) is 0.232. The van der Waals surface area contributed by atoms with Gasteiger partial charge in [-0.2, -0.15) is 0 Å². The maximum Gasteiger partial charge on any atom is 0.176 e. The van der Waals surface area contributed by atoms with Gasteiger partial charge in [-0.3, -0.25) is 0 Å². The molecule has 0 radical (unpaired) electrons. The van der Waals surface area contributed by atoms with Gasteiger partial charge in [0.15, 0.2) is 6.29 Å². The Hall–Kier alpha value is -0.440. The van der Waals surface area contributed by atoms with Crippen LogP contribution < -0.4 is 17.2 Å². The fourth-order valence-electron chi connectivity index (χ4n) is 3.08. The van der Waals surface area contributed by atoms with Gasteiger partial charge in [-0.15, -0.1) is 0 Å². The number of hydrogen-bond donors (Lipinski definition) is 9. The lowest BCUT2D eigenvalue weighted by Crippen LogP contribution is -2.68. The molecular weight excluding hydrogens is 326 g/mol. The summed E-state index contributed by atoms with van der Waals surface area (Å²) in [6.45, 7) is -0.713. The molecule has 0 bridgehead atoms. The van der Waals surface area contributed by atoms with Crippen molar-refractivity contribution in [2.45, 2.75) is 73.6 Å². The fraction of sp³-hybridized carbons (Fsp3) is 1.00. The normalized spacial score (nSPS) is 51.4. The summed E-state index contributed by atoms with van der Waals surface area (Å²) in [5.74, 6) is 0. The molecule has 0 unspecified atom stereocenters. The van der Waals surface area contributed by atoms with Crippen LogP contribution in [-0.2, 0) is 9.47 Å². The van der Waals surface area contributed by atoms with Crippen LogP contribution in [0.3, 0.4) is 0 Å². The second-order valence-electron chi connectivity index (χ2n) is 6.42. The lowest BCUT2D eigenvalue weighted by molar-refractivity contribution is -0.303. The SMILES string of the molecule is N[C@H]1[C@@H](O[C@H]2[C@H](O)[C@@H](O)[C@H](N)C[C@@H]2N)O[C@H]([C@@H](O)CO)[C@@H](O)[C@@H]1O. The molecular formula is C13H27N3O8. The van der Waals surface area contributed by atoms with Crippen LogP contribution >= 0.6 is 0 Å². The Kier molecular flexibility index (Phi) is 6.50. The zero-order valence-corrected chi connectivity index (χ0v) is 13.0. The highest BCUT2D eigenvalue weighted by atomic mass is 16.7. The molecule has 11 heteroatoms. The van der Waals surface area contributed by atoms with E-state index in [1.165, 1.54) is 0 Å². The summed E-state index contributed by atoms with van der Waals surface area (Å²) in [6.07, 6.45) is -10.7. The molecule has 0 spiro atoms. The largest absolute Gasteiger partial charge is 0.394 e. The molecule has 11 atom stereocenters. The van der Waals surface area contributed by atoms with Crippen molar-refractivity contribution in [1.82, 2.24) is 0 Å². The molecule has 1 saturated carbocycles. The highest BCUT2D eigenvalue weighted by Gasteiger charge is 2.49. The minimum absolute atomic E-state index is 0.179. The van der Waals surface area contributed by atoms with Crippen molar-refractivity contribution in [2.24, 2.45) is 17.2 Å². The Balaban J connectivity index is 2.12. The van der Waals surface area contributed by atoms with Crippen LogP contribution in [0.5, 0.6) is 0 Å². The van der Waals surface area contributed by atoms with Crippen LogP contribution in [0.15, 0.2) is 0 Å². The van der Waals surface area contributed by atoms with Crippen molar-refractivity contribution in [3.8, 4) is 0 Å². The highest BCUT2D eigenvalue weighted by Crippen LogP contribution is 2.28. The van der Waals surface area contributed by atoms with Crippen molar-refractivity contribution in [1.29, 1.82) is 0 Å². The van der Waals surface area contributed by atoms with Crippen molar-refractivity contribution >= 4 is 0 Å². The van der Waals surface area contributed by atoms with Gasteiger partial charge in [-0.05, 0) is 6.42 Å². The van der Waals surface area contributed by atoms with E-state index in [2.05, 4.69) is 0 Å². The van der Waals surface area contributed by atoms with E-state index >= 15 is 0 Å². The van der Waals surface area contributed by atoms with E-state index in [1.54, 1.807) is 0 Å². The average Bonchev–Trinajstić information content (AvgIpc) is 2.55. The third kappa shape index (κ3) is 3.71. The lowest BCUT2D eigenvalue weighted by Gasteiger charge is -2.46. The van der Waals surface area contributed by atoms with Gasteiger partial charge in [-0.1, -0.05) is 0 Å². The van der Waals surface area contributed by atoms with Gasteiger partial charge >= 0.3 is 0 Å². The molecule has 0 aromatic rings. The summed E-state index contributed by atoms with van der Waals surface area (Å²) in [6, 6.07) is -2.64. The number of nitrogens with two attached hydrogens (primary N) is 3. The average molecular weight is 353 g/mol. The van der Waals surface area contributed by atoms with Crippen LogP contribution in [0.1, 0.15) is 6.42 Å². The number of aliphatic hydroxyl groups is 6. The van der Waals surface area contributed by atoms with Gasteiger partial charge in [0.25, 0.3) is 0 Å². The molecule has 12 N–H and O–H groups in total. The van der Waals surface area contributed by atoms with Crippen molar-refractivity contribution < 1.29 is 40.1 Å². The van der Waals surface area contributed by atoms with Gasteiger partial charge in [0.1, 0.15) is 36.6 Å². The van der Waals surface area contributed by atoms with Gasteiger partial charge in [0.2, 0.25) is 0 Å². The van der Waals surface area contributed by atoms with E-state index < -0.39 is 73.8 Å². The molecule has 1 saturated heterocycles. The summed E-state index contributed by atoms with van der Waals surface area (Å²) in [7, 11) is 0. The molecule has 2 fully saturated rings. The van der Waals surface area contributed by atoms with Crippen molar-refractivity contribution in [3.05, 3.63) is 0 Å². The molecule has 0 amide bonds. The summed E-state index contributed by atoms with van der Waals surface area (Å²) in [5.41, 5.74) is 17.3. The first-order valence-corrected chi connectivity index (χ1v) is 7.77. The van der Waals surface area contributed by atoms with E-state index in [0.29, 0.717) is 0 Å². The van der Waals surface area contributed by atoms with Gasteiger partial charge in [-0.25, -0.2) is 0 Å². The third-order valence-electron chi connectivity index (χ3n) is 4.64. The molecule has 0 aromatic carbocycles. The first-order valence-electron chi connectivity index (χ1n) is 7.77. The Morgan fingerprint density at radius 2 is 1.58 bits per heavy atom. The van der Waals surface area contributed by atoms with Crippen LogP contribution in [0, 0.1) is 0 Å². The summed E-state index contributed by atoms with van der Waals surface area (Å²) < 4.78 is 10.9. The highest BCUT2D eigenvalue weighted by molar-refractivity contribution is 5.00. The fourth-order valence-corrected chi connectivity index (χ4v) is 3.08. The Labute approximate surface area is 138 Å². The van der Waals surface area contributed by atoms with Gasteiger partial charge < -0.3 is 57.3 Å². The molecule has 1 aliphatic carbocycles. The number of rotatable bonds is 4. The summed E-state index contributed by atoms with van der Waals surface area (Å²) >= 11 is 0. The second kappa shape index (κ2) is 7.85. The molecule has 24 heavy (non-hydrogen) atoms. The predicted octanol–water partition coefficient (Wildman–Crippen LogP) is -5.72. The predicted molar refractivity (Wildman–Crippen MR) is 79.2 cm³/mol. The van der Waals surface area contributed by atoms with Crippen LogP contribution in [0.2, 0.25) is 0 Å². The summed E-state index contributed by atoms with van der Waals surface area (Å²) in [5, 5.41) is 58.6. The Morgan fingerprint density at radius 1 is 0.958 bits per heavy atom. The van der Waals surface area contributed by atoms with Crippen LogP contribution in [0.25, 0.3) is 0 Å². The van der Waals surface area contributed by atoms with E-state index in [9.17, 15) is 25.5 Å². The zero-order valence-electron chi connectivity index (χ0n) is 13.0. The molecule has 1 aliphatic heterocycles. The van der Waals surface area contributed by atoms with E-state index in [1.807, 2.05) is 0 Å². The molecule has 0 aromatic heterocycles. The van der Waals surface area contributed by atoms with Crippen molar-refractivity contribution in [3.63, 3.8) is 0 Å². The monoisotopic (exact) mass is 353 g/mol. The molecule has 2 rings (SSSR count). The van der Waals surface area contributed by atoms with E-state index in [0.717, 1.165) is 0 Å². The smallest absolute Gasteiger partial charge is 0.176 e. The number of ether oxygens (including phenoxy) is 2. The Morgan fingerprint density at radius 3 is 2.17 bits per heavy atom. The van der Waals surface area contributed by atoms with E-state index in [4.69, 9.17) is 31.8 Å². The van der Waals surface area contributed by atoms with Crippen LogP contribution in [-0.4, -0.2) is 104 Å². The lowest BCUT2D eigenvalue weighted by atomic mass is 9.84. The second-order valence-corrected chi connectivity index (χ2v) is 6.42. The first-order chi connectivity index (χ1) is 11.2. The number of hydrogen-bond acceptors (Lipinski definition) is 11. The van der Waals surface area contributed by atoms with Crippen LogP contribution in [0.4, 0.5) is 0 Å². The van der Waals surface area contributed by atoms with Crippen molar-refractivity contribution in [2.75, 3.05) is 6.61 Å². The minimum Gasteiger partial charge on any atom is -0.394 e. The van der Waals surface area contributed by atoms with E-state index in [-0.39, 0.29) is 6.42 Å². The molecule has 1 heterocycles. The molecule has 11 nitrogen and oxygen atoms in total. The maximum absolute atomic E-state index is 10.1. The summed E-state index contributed by atoms with van der Waals surface area (Å²) in [4.78, 5) is 0. The zero-order chi connectivity index (χ0) is 18.2. The number of aliphatic hydroxyl groups excluding tert-OH is 6. The molecule has 2 aliphatic rings. The topological polar surface area (TPSA) is 218 Å². The standard InChI is InChI=1S/C13H27N3O8/c14-3-1-4(15)11(9(21)7(3)19)23-13-6(16)8(20)10(22)12(24-13)5(18)2-17/h3-13,17-22H,1-2,14-16H2/t3-,4+,5+,6-,7+,8-,9-,10+,11-,12-,13+/m1/s1. The van der Waals surface area contributed by atoms with Gasteiger partial charge in [0, 0.05) is 12.1 Å². The third-order valence-corrected chi connectivity index (χ3v) is 4.64. The Bertz CT molecular complexity index is 419.